The molecule has 3 amide bonds. The molecule has 1 aliphatic rings. The van der Waals surface area contributed by atoms with Crippen molar-refractivity contribution in [2.45, 2.75) is 0 Å². The second-order valence-electron chi connectivity index (χ2n) is 3.96. The second kappa shape index (κ2) is 6.60. The molecule has 9 heteroatoms. The van der Waals surface area contributed by atoms with Crippen LogP contribution in [0.3, 0.4) is 0 Å². The number of carbonyl (C=O) groups is 3. The maximum Gasteiger partial charge on any atom is 0.341 e. The Morgan fingerprint density at radius 3 is 2.33 bits per heavy atom. The van der Waals surface area contributed by atoms with Crippen LogP contribution in [0, 0.1) is 7.14 Å². The van der Waals surface area contributed by atoms with Gasteiger partial charge in [0.2, 0.25) is 0 Å². The number of nitrogens with one attached hydrogen (secondary N) is 2. The zero-order valence-electron chi connectivity index (χ0n) is 10.3. The van der Waals surface area contributed by atoms with Gasteiger partial charge in [0.25, 0.3) is 5.91 Å². The van der Waals surface area contributed by atoms with Gasteiger partial charge >= 0.3 is 12.0 Å². The number of aliphatic carboxylic acids is 1. The molecule has 1 heterocycles. The zero-order chi connectivity index (χ0) is 15.6. The highest BCUT2D eigenvalue weighted by molar-refractivity contribution is 14.1. The van der Waals surface area contributed by atoms with Crippen molar-refractivity contribution >= 4 is 69.2 Å². The van der Waals surface area contributed by atoms with Gasteiger partial charge in [0.1, 0.15) is 11.4 Å². The summed E-state index contributed by atoms with van der Waals surface area (Å²) >= 11 is 4.03. The maximum absolute atomic E-state index is 11.4. The van der Waals surface area contributed by atoms with E-state index in [2.05, 4.69) is 10.6 Å². The molecular weight excluding hydrogens is 506 g/mol. The third kappa shape index (κ3) is 4.06. The lowest BCUT2D eigenvalue weighted by Crippen LogP contribution is -2.22. The molecule has 110 valence electrons. The lowest BCUT2D eigenvalue weighted by atomic mass is 10.2. The predicted molar refractivity (Wildman–Crippen MR) is 89.7 cm³/mol. The molecule has 1 aromatic carbocycles. The minimum atomic E-state index is -1.06. The number of urea groups is 1. The molecule has 3 N–H and O–H groups in total. The smallest absolute Gasteiger partial charge is 0.341 e. The van der Waals surface area contributed by atoms with Crippen molar-refractivity contribution in [1.29, 1.82) is 0 Å². The van der Waals surface area contributed by atoms with Gasteiger partial charge < -0.3 is 15.2 Å². The first kappa shape index (κ1) is 16.0. The van der Waals surface area contributed by atoms with Crippen LogP contribution in [-0.2, 0) is 9.59 Å². The van der Waals surface area contributed by atoms with E-state index in [0.29, 0.717) is 18.5 Å². The fraction of sp³-hybridized carbons (Fsp3) is 0.0833. The van der Waals surface area contributed by atoms with E-state index in [1.165, 1.54) is 6.08 Å². The molecule has 0 bridgehead atoms. The van der Waals surface area contributed by atoms with Crippen LogP contribution in [0.25, 0.3) is 6.08 Å². The fourth-order valence-electron chi connectivity index (χ4n) is 1.58. The predicted octanol–water partition coefficient (Wildman–Crippen LogP) is 1.54. The van der Waals surface area contributed by atoms with Gasteiger partial charge in [-0.2, -0.15) is 0 Å². The number of hydrogen-bond acceptors (Lipinski definition) is 4. The molecule has 1 aliphatic heterocycles. The van der Waals surface area contributed by atoms with Crippen molar-refractivity contribution in [3.05, 3.63) is 30.5 Å². The van der Waals surface area contributed by atoms with Crippen LogP contribution in [0.1, 0.15) is 5.56 Å². The molecule has 0 unspecified atom stereocenters. The summed E-state index contributed by atoms with van der Waals surface area (Å²) in [6.45, 7) is -0.426. The van der Waals surface area contributed by atoms with Crippen molar-refractivity contribution in [2.24, 2.45) is 0 Å². The Hall–Kier alpha value is -1.37. The number of hydrogen-bond donors (Lipinski definition) is 3. The molecule has 1 aromatic rings. The molecule has 0 aromatic heterocycles. The quantitative estimate of drug-likeness (QED) is 0.322. The number of carboxylic acids is 1. The first-order chi connectivity index (χ1) is 9.86. The number of rotatable bonds is 4. The fourth-order valence-corrected chi connectivity index (χ4v) is 3.71. The highest BCUT2D eigenvalue weighted by atomic mass is 127. The Kier molecular flexibility index (Phi) is 5.03. The Labute approximate surface area is 146 Å². The van der Waals surface area contributed by atoms with E-state index < -0.39 is 24.5 Å². The van der Waals surface area contributed by atoms with Gasteiger partial charge in [0, 0.05) is 0 Å². The Morgan fingerprint density at radius 2 is 1.86 bits per heavy atom. The van der Waals surface area contributed by atoms with E-state index in [1.54, 1.807) is 12.1 Å². The van der Waals surface area contributed by atoms with E-state index in [0.717, 1.165) is 0 Å². The van der Waals surface area contributed by atoms with Gasteiger partial charge in [-0.05, 0) is 69.0 Å². The Balaban J connectivity index is 2.27. The molecule has 21 heavy (non-hydrogen) atoms. The molecular formula is C12H8I2N2O5. The molecule has 0 aliphatic carbocycles. The topological polar surface area (TPSA) is 105 Å². The molecule has 0 spiro atoms. The first-order valence-corrected chi connectivity index (χ1v) is 7.70. The highest BCUT2D eigenvalue weighted by Gasteiger charge is 2.23. The van der Waals surface area contributed by atoms with E-state index in [1.807, 2.05) is 45.2 Å². The van der Waals surface area contributed by atoms with Crippen LogP contribution in [0.15, 0.2) is 17.8 Å². The summed E-state index contributed by atoms with van der Waals surface area (Å²) in [6.07, 6.45) is 1.53. The van der Waals surface area contributed by atoms with Gasteiger partial charge in [-0.15, -0.1) is 0 Å². The van der Waals surface area contributed by atoms with Crippen LogP contribution < -0.4 is 15.4 Å². The third-order valence-corrected chi connectivity index (χ3v) is 3.99. The largest absolute Gasteiger partial charge is 0.480 e. The average molecular weight is 514 g/mol. The van der Waals surface area contributed by atoms with Gasteiger partial charge in [0.05, 0.1) is 7.14 Å². The zero-order valence-corrected chi connectivity index (χ0v) is 14.6. The minimum Gasteiger partial charge on any atom is -0.480 e. The maximum atomic E-state index is 11.4. The number of carboxylic acid groups (broad SMARTS) is 1. The van der Waals surface area contributed by atoms with Crippen LogP contribution in [-0.4, -0.2) is 29.6 Å². The van der Waals surface area contributed by atoms with Gasteiger partial charge in [-0.1, -0.05) is 0 Å². The summed E-state index contributed by atoms with van der Waals surface area (Å²) in [6, 6.07) is 2.90. The highest BCUT2D eigenvalue weighted by Crippen LogP contribution is 2.29. The lowest BCUT2D eigenvalue weighted by Gasteiger charge is -2.09. The summed E-state index contributed by atoms with van der Waals surface area (Å²) in [5.74, 6) is -1.07. The van der Waals surface area contributed by atoms with Crippen molar-refractivity contribution in [3.63, 3.8) is 0 Å². The molecule has 1 saturated heterocycles. The molecule has 7 nitrogen and oxygen atoms in total. The van der Waals surface area contributed by atoms with Crippen molar-refractivity contribution in [3.8, 4) is 5.75 Å². The van der Waals surface area contributed by atoms with Gasteiger partial charge in [0.15, 0.2) is 6.61 Å². The van der Waals surface area contributed by atoms with Crippen LogP contribution in [0.4, 0.5) is 4.79 Å². The molecule has 0 atom stereocenters. The summed E-state index contributed by atoms with van der Waals surface area (Å²) < 4.78 is 6.62. The van der Waals surface area contributed by atoms with E-state index in [-0.39, 0.29) is 5.70 Å². The number of amides is 3. The van der Waals surface area contributed by atoms with Crippen molar-refractivity contribution < 1.29 is 24.2 Å². The molecule has 0 radical (unpaired) electrons. The summed E-state index contributed by atoms with van der Waals surface area (Å²) in [4.78, 5) is 33.0. The Bertz CT molecular complexity index is 649. The molecule has 2 rings (SSSR count). The first-order valence-electron chi connectivity index (χ1n) is 5.54. The number of carbonyl (C=O) groups excluding carboxylic acids is 2. The second-order valence-corrected chi connectivity index (χ2v) is 6.29. The van der Waals surface area contributed by atoms with Gasteiger partial charge in [-0.3, -0.25) is 10.1 Å². The number of halogens is 2. The van der Waals surface area contributed by atoms with Crippen molar-refractivity contribution in [1.82, 2.24) is 10.6 Å². The number of benzene rings is 1. The van der Waals surface area contributed by atoms with E-state index >= 15 is 0 Å². The molecule has 0 saturated carbocycles. The van der Waals surface area contributed by atoms with Crippen molar-refractivity contribution in [2.75, 3.05) is 6.61 Å². The summed E-state index contributed by atoms with van der Waals surface area (Å²) in [5.41, 5.74) is 0.852. The van der Waals surface area contributed by atoms with E-state index in [9.17, 15) is 14.4 Å². The number of ether oxygens (including phenoxy) is 1. The minimum absolute atomic E-state index is 0.158. The third-order valence-electron chi connectivity index (χ3n) is 2.39. The normalized spacial score (nSPS) is 15.8. The molecule has 1 fully saturated rings. The summed E-state index contributed by atoms with van der Waals surface area (Å²) in [7, 11) is 0. The van der Waals surface area contributed by atoms with Crippen LogP contribution in [0.2, 0.25) is 0 Å². The monoisotopic (exact) mass is 514 g/mol. The lowest BCUT2D eigenvalue weighted by molar-refractivity contribution is -0.139. The number of imide groups is 1. The van der Waals surface area contributed by atoms with Crippen LogP contribution >= 0.6 is 45.2 Å². The Morgan fingerprint density at radius 1 is 1.24 bits per heavy atom. The SMILES string of the molecule is O=C(O)COc1c(I)cc(/C=C2/NC(=O)NC2=O)cc1I. The standard InChI is InChI=1S/C12H8I2N2O5/c13-6-1-5(3-8-11(19)16-12(20)15-8)2-7(14)10(6)21-4-9(17)18/h1-3H,4H2,(H,17,18)(H2,15,16,19,20)/b8-3+. The summed E-state index contributed by atoms with van der Waals surface area (Å²) in [5, 5.41) is 13.1. The average Bonchev–Trinajstić information content (AvgIpc) is 2.66. The van der Waals surface area contributed by atoms with Gasteiger partial charge in [-0.25, -0.2) is 9.59 Å². The van der Waals surface area contributed by atoms with Crippen LogP contribution in [0.5, 0.6) is 5.75 Å². The van der Waals surface area contributed by atoms with E-state index in [4.69, 9.17) is 9.84 Å².